The number of carbonyl (C=O) groups excluding carboxylic acids is 1. The Kier molecular flexibility index (Phi) is 7.86. The minimum absolute atomic E-state index is 0.0953. The first-order valence-electron chi connectivity index (χ1n) is 12.0. The van der Waals surface area contributed by atoms with E-state index in [1.807, 2.05) is 18.2 Å². The Labute approximate surface area is 205 Å². The molecular formula is C25H32N4O2S2. The second kappa shape index (κ2) is 10.8. The Bertz CT molecular complexity index is 1120. The highest BCUT2D eigenvalue weighted by molar-refractivity contribution is 8.26. The summed E-state index contributed by atoms with van der Waals surface area (Å²) in [4.78, 5) is 36.0. The third-order valence-electron chi connectivity index (χ3n) is 6.54. The molecular weight excluding hydrogens is 452 g/mol. The average molecular weight is 485 g/mol. The molecule has 6 nitrogen and oxygen atoms in total. The van der Waals surface area contributed by atoms with Crippen LogP contribution >= 0.6 is 24.0 Å². The van der Waals surface area contributed by atoms with Crippen molar-refractivity contribution in [2.45, 2.75) is 58.8 Å². The third kappa shape index (κ3) is 5.17. The molecule has 2 fully saturated rings. The topological polar surface area (TPSA) is 57.9 Å². The maximum atomic E-state index is 13.5. The Balaban J connectivity index is 1.70. The van der Waals surface area contributed by atoms with Crippen molar-refractivity contribution >= 4 is 51.7 Å². The number of piperidine rings is 1. The van der Waals surface area contributed by atoms with Crippen LogP contribution in [0.4, 0.5) is 5.82 Å². The van der Waals surface area contributed by atoms with Crippen LogP contribution < -0.4 is 10.5 Å². The van der Waals surface area contributed by atoms with E-state index >= 15 is 0 Å². The first-order chi connectivity index (χ1) is 16.0. The number of pyridine rings is 1. The van der Waals surface area contributed by atoms with E-state index in [-0.39, 0.29) is 11.5 Å². The summed E-state index contributed by atoms with van der Waals surface area (Å²) in [5.74, 6) is 1.01. The van der Waals surface area contributed by atoms with Gasteiger partial charge in [-0.05, 0) is 49.8 Å². The first kappa shape index (κ1) is 24.0. The van der Waals surface area contributed by atoms with Crippen LogP contribution in [0.3, 0.4) is 0 Å². The van der Waals surface area contributed by atoms with Crippen LogP contribution in [0.5, 0.6) is 0 Å². The smallest absolute Gasteiger partial charge is 0.267 e. The molecule has 176 valence electrons. The molecule has 1 unspecified atom stereocenters. The molecule has 0 aromatic carbocycles. The van der Waals surface area contributed by atoms with Crippen LogP contribution in [-0.2, 0) is 4.79 Å². The second-order valence-corrected chi connectivity index (χ2v) is 10.5. The molecule has 0 aliphatic carbocycles. The fourth-order valence-corrected chi connectivity index (χ4v) is 5.78. The van der Waals surface area contributed by atoms with Crippen LogP contribution in [0.25, 0.3) is 11.7 Å². The molecule has 33 heavy (non-hydrogen) atoms. The van der Waals surface area contributed by atoms with Gasteiger partial charge in [-0.3, -0.25) is 18.9 Å². The number of carbonyl (C=O) groups is 1. The summed E-state index contributed by atoms with van der Waals surface area (Å²) in [6, 6.07) is 5.55. The predicted molar refractivity (Wildman–Crippen MR) is 141 cm³/mol. The lowest BCUT2D eigenvalue weighted by Crippen LogP contribution is -2.34. The summed E-state index contributed by atoms with van der Waals surface area (Å²) in [5.41, 5.74) is 0.939. The number of fused-ring (bicyclic) bond motifs is 1. The zero-order valence-corrected chi connectivity index (χ0v) is 21.1. The average Bonchev–Trinajstić information content (AvgIpc) is 3.11. The van der Waals surface area contributed by atoms with Gasteiger partial charge in [-0.1, -0.05) is 63.2 Å². The lowest BCUT2D eigenvalue weighted by Gasteiger charge is -2.29. The lowest BCUT2D eigenvalue weighted by atomic mass is 9.99. The molecule has 0 spiro atoms. The zero-order chi connectivity index (χ0) is 23.4. The number of rotatable bonds is 8. The van der Waals surface area contributed by atoms with Gasteiger partial charge in [-0.15, -0.1) is 0 Å². The number of amides is 1. The summed E-state index contributed by atoms with van der Waals surface area (Å²) < 4.78 is 2.13. The number of anilines is 1. The van der Waals surface area contributed by atoms with Crippen molar-refractivity contribution < 1.29 is 4.79 Å². The van der Waals surface area contributed by atoms with Gasteiger partial charge in [0.05, 0.1) is 10.5 Å². The lowest BCUT2D eigenvalue weighted by molar-refractivity contribution is -0.122. The van der Waals surface area contributed by atoms with Gasteiger partial charge in [-0.2, -0.15) is 0 Å². The van der Waals surface area contributed by atoms with Gasteiger partial charge in [0.1, 0.15) is 15.8 Å². The fraction of sp³-hybridized carbons (Fsp3) is 0.520. The van der Waals surface area contributed by atoms with Crippen molar-refractivity contribution in [2.24, 2.45) is 5.92 Å². The van der Waals surface area contributed by atoms with E-state index < -0.39 is 0 Å². The Morgan fingerprint density at radius 1 is 1.18 bits per heavy atom. The van der Waals surface area contributed by atoms with Gasteiger partial charge >= 0.3 is 0 Å². The van der Waals surface area contributed by atoms with Gasteiger partial charge in [0.25, 0.3) is 11.5 Å². The molecule has 4 heterocycles. The monoisotopic (exact) mass is 484 g/mol. The van der Waals surface area contributed by atoms with Crippen molar-refractivity contribution in [2.75, 3.05) is 24.5 Å². The highest BCUT2D eigenvalue weighted by atomic mass is 32.2. The molecule has 0 radical (unpaired) electrons. The number of aromatic nitrogens is 2. The first-order valence-corrected chi connectivity index (χ1v) is 13.3. The molecule has 2 aliphatic heterocycles. The minimum atomic E-state index is -0.152. The molecule has 1 amide bonds. The Morgan fingerprint density at radius 3 is 2.70 bits per heavy atom. The number of thiocarbonyl (C=S) groups is 1. The Morgan fingerprint density at radius 2 is 1.97 bits per heavy atom. The highest BCUT2D eigenvalue weighted by Crippen LogP contribution is 2.35. The molecule has 2 aromatic rings. The van der Waals surface area contributed by atoms with E-state index in [4.69, 9.17) is 17.2 Å². The molecule has 2 aromatic heterocycles. The maximum absolute atomic E-state index is 13.5. The van der Waals surface area contributed by atoms with Crippen LogP contribution in [0.1, 0.15) is 64.4 Å². The van der Waals surface area contributed by atoms with Crippen molar-refractivity contribution in [1.29, 1.82) is 0 Å². The van der Waals surface area contributed by atoms with Gasteiger partial charge in [-0.25, -0.2) is 4.98 Å². The molecule has 2 aliphatic rings. The van der Waals surface area contributed by atoms with E-state index in [1.54, 1.807) is 21.6 Å². The van der Waals surface area contributed by atoms with Crippen LogP contribution in [0, 0.1) is 5.92 Å². The highest BCUT2D eigenvalue weighted by Gasteiger charge is 2.34. The molecule has 2 saturated heterocycles. The normalized spacial score (nSPS) is 19.2. The third-order valence-corrected chi connectivity index (χ3v) is 7.92. The molecule has 0 N–H and O–H groups in total. The number of hydrogen-bond acceptors (Lipinski definition) is 6. The van der Waals surface area contributed by atoms with Crippen molar-refractivity contribution in [3.05, 3.63) is 45.2 Å². The van der Waals surface area contributed by atoms with E-state index in [0.29, 0.717) is 38.7 Å². The standard InChI is InChI=1S/C25H32N4O2S2/c1-3-5-11-18(4-2)17-29-24(31)20(33-25(29)32)16-19-22(27-13-8-6-9-14-27)26-21-12-7-10-15-28(21)23(19)30/h7,10,12,15-16,18H,3-6,8-9,11,13-14,17H2,1-2H3. The van der Waals surface area contributed by atoms with E-state index in [0.717, 1.165) is 51.6 Å². The van der Waals surface area contributed by atoms with E-state index in [2.05, 4.69) is 18.7 Å². The quantitative estimate of drug-likeness (QED) is 0.384. The van der Waals surface area contributed by atoms with E-state index in [1.165, 1.54) is 18.2 Å². The Hall–Kier alpha value is -2.19. The summed E-state index contributed by atoms with van der Waals surface area (Å²) in [6.45, 7) is 6.73. The van der Waals surface area contributed by atoms with Crippen LogP contribution in [0.15, 0.2) is 34.1 Å². The zero-order valence-electron chi connectivity index (χ0n) is 19.5. The van der Waals surface area contributed by atoms with Gasteiger partial charge in [0.15, 0.2) is 0 Å². The number of thioether (sulfide) groups is 1. The van der Waals surface area contributed by atoms with Crippen molar-refractivity contribution in [1.82, 2.24) is 14.3 Å². The minimum Gasteiger partial charge on any atom is -0.356 e. The number of hydrogen-bond donors (Lipinski definition) is 0. The largest absolute Gasteiger partial charge is 0.356 e. The molecule has 1 atom stereocenters. The van der Waals surface area contributed by atoms with Crippen molar-refractivity contribution in [3.8, 4) is 0 Å². The molecule has 0 bridgehead atoms. The SMILES string of the molecule is CCCCC(CC)CN1C(=O)C(=Cc2c(N3CCCCC3)nc3ccccn3c2=O)SC1=S. The summed E-state index contributed by atoms with van der Waals surface area (Å²) in [6.07, 6.45) is 11.2. The maximum Gasteiger partial charge on any atom is 0.267 e. The van der Waals surface area contributed by atoms with Crippen molar-refractivity contribution in [3.63, 3.8) is 0 Å². The number of unbranched alkanes of at least 4 members (excludes halogenated alkanes) is 1. The summed E-state index contributed by atoms with van der Waals surface area (Å²) in [7, 11) is 0. The number of nitrogens with zero attached hydrogens (tertiary/aromatic N) is 4. The second-order valence-electron chi connectivity index (χ2n) is 8.84. The van der Waals surface area contributed by atoms with Gasteiger partial charge in [0.2, 0.25) is 0 Å². The molecule has 0 saturated carbocycles. The fourth-order valence-electron chi connectivity index (χ4n) is 4.53. The van der Waals surface area contributed by atoms with Gasteiger partial charge in [0, 0.05) is 25.8 Å². The van der Waals surface area contributed by atoms with Crippen LogP contribution in [-0.4, -0.2) is 44.1 Å². The van der Waals surface area contributed by atoms with Gasteiger partial charge < -0.3 is 4.90 Å². The van der Waals surface area contributed by atoms with Crippen LogP contribution in [0.2, 0.25) is 0 Å². The molecule has 8 heteroatoms. The summed E-state index contributed by atoms with van der Waals surface area (Å²) >= 11 is 6.87. The summed E-state index contributed by atoms with van der Waals surface area (Å²) in [5, 5.41) is 0. The predicted octanol–water partition coefficient (Wildman–Crippen LogP) is 5.10. The van der Waals surface area contributed by atoms with E-state index in [9.17, 15) is 9.59 Å². The molecule has 4 rings (SSSR count).